The standard InChI is InChI=1S/C12H24O2/c1-5-6-7-8-9-11(4)12(13)14-10(2)3/h10-11H,5-9H2,1-4H3. The van der Waals surface area contributed by atoms with Gasteiger partial charge in [0.25, 0.3) is 0 Å². The predicted molar refractivity (Wildman–Crippen MR) is 59.2 cm³/mol. The fourth-order valence-electron chi connectivity index (χ4n) is 1.34. The van der Waals surface area contributed by atoms with Crippen LogP contribution in [-0.2, 0) is 9.53 Å². The Kier molecular flexibility index (Phi) is 7.54. The Morgan fingerprint density at radius 1 is 1.14 bits per heavy atom. The average molecular weight is 200 g/mol. The van der Waals surface area contributed by atoms with Crippen molar-refractivity contribution in [2.45, 2.75) is 65.9 Å². The molecule has 0 rings (SSSR count). The molecular weight excluding hydrogens is 176 g/mol. The van der Waals surface area contributed by atoms with Crippen molar-refractivity contribution < 1.29 is 9.53 Å². The maximum Gasteiger partial charge on any atom is 0.308 e. The summed E-state index contributed by atoms with van der Waals surface area (Å²) in [4.78, 5) is 11.4. The second-order valence-electron chi connectivity index (χ2n) is 4.24. The molecule has 0 aromatic heterocycles. The van der Waals surface area contributed by atoms with Gasteiger partial charge in [0.1, 0.15) is 0 Å². The van der Waals surface area contributed by atoms with Gasteiger partial charge < -0.3 is 4.74 Å². The zero-order valence-electron chi connectivity index (χ0n) is 10.0. The molecule has 0 saturated carbocycles. The number of rotatable bonds is 7. The third-order valence-corrected chi connectivity index (χ3v) is 2.24. The molecular formula is C12H24O2. The molecule has 1 unspecified atom stereocenters. The third kappa shape index (κ3) is 6.93. The summed E-state index contributed by atoms with van der Waals surface area (Å²) in [5, 5.41) is 0. The van der Waals surface area contributed by atoms with E-state index in [-0.39, 0.29) is 18.0 Å². The van der Waals surface area contributed by atoms with Crippen molar-refractivity contribution in [1.82, 2.24) is 0 Å². The number of hydrogen-bond acceptors (Lipinski definition) is 2. The van der Waals surface area contributed by atoms with Gasteiger partial charge in [0.2, 0.25) is 0 Å². The van der Waals surface area contributed by atoms with Gasteiger partial charge in [-0.2, -0.15) is 0 Å². The molecule has 2 nitrogen and oxygen atoms in total. The quantitative estimate of drug-likeness (QED) is 0.464. The lowest BCUT2D eigenvalue weighted by Crippen LogP contribution is -2.18. The van der Waals surface area contributed by atoms with Crippen LogP contribution in [0.3, 0.4) is 0 Å². The monoisotopic (exact) mass is 200 g/mol. The van der Waals surface area contributed by atoms with Crippen molar-refractivity contribution in [3.63, 3.8) is 0 Å². The molecule has 84 valence electrons. The number of ether oxygens (including phenoxy) is 1. The minimum Gasteiger partial charge on any atom is -0.463 e. The summed E-state index contributed by atoms with van der Waals surface area (Å²) in [6.07, 6.45) is 5.86. The van der Waals surface area contributed by atoms with E-state index in [1.807, 2.05) is 20.8 Å². The zero-order chi connectivity index (χ0) is 11.0. The van der Waals surface area contributed by atoms with Crippen molar-refractivity contribution >= 4 is 5.97 Å². The highest BCUT2D eigenvalue weighted by atomic mass is 16.5. The Hall–Kier alpha value is -0.530. The summed E-state index contributed by atoms with van der Waals surface area (Å²) in [5.41, 5.74) is 0. The number of hydrogen-bond donors (Lipinski definition) is 0. The van der Waals surface area contributed by atoms with Gasteiger partial charge in [-0.3, -0.25) is 4.79 Å². The Morgan fingerprint density at radius 2 is 1.79 bits per heavy atom. The highest BCUT2D eigenvalue weighted by Gasteiger charge is 2.14. The first kappa shape index (κ1) is 13.5. The van der Waals surface area contributed by atoms with Crippen LogP contribution in [0.15, 0.2) is 0 Å². The fraction of sp³-hybridized carbons (Fsp3) is 0.917. The van der Waals surface area contributed by atoms with E-state index in [0.29, 0.717) is 0 Å². The molecule has 0 aromatic rings. The zero-order valence-corrected chi connectivity index (χ0v) is 10.0. The molecule has 0 heterocycles. The maximum atomic E-state index is 11.4. The molecule has 0 aliphatic rings. The van der Waals surface area contributed by atoms with Crippen LogP contribution in [-0.4, -0.2) is 12.1 Å². The maximum absolute atomic E-state index is 11.4. The first-order valence-electron chi connectivity index (χ1n) is 5.78. The van der Waals surface area contributed by atoms with Crippen molar-refractivity contribution in [2.75, 3.05) is 0 Å². The van der Waals surface area contributed by atoms with Gasteiger partial charge in [-0.15, -0.1) is 0 Å². The second kappa shape index (κ2) is 7.84. The van der Waals surface area contributed by atoms with Gasteiger partial charge in [-0.05, 0) is 20.3 Å². The van der Waals surface area contributed by atoms with Crippen molar-refractivity contribution in [1.29, 1.82) is 0 Å². The average Bonchev–Trinajstić information content (AvgIpc) is 2.11. The Bertz CT molecular complexity index is 152. The summed E-state index contributed by atoms with van der Waals surface area (Å²) >= 11 is 0. The molecule has 0 N–H and O–H groups in total. The van der Waals surface area contributed by atoms with E-state index in [1.165, 1.54) is 19.3 Å². The van der Waals surface area contributed by atoms with Crippen molar-refractivity contribution in [3.8, 4) is 0 Å². The van der Waals surface area contributed by atoms with Crippen LogP contribution in [0, 0.1) is 5.92 Å². The van der Waals surface area contributed by atoms with Crippen LogP contribution in [0.2, 0.25) is 0 Å². The molecule has 0 bridgehead atoms. The molecule has 0 amide bonds. The molecule has 0 aliphatic carbocycles. The summed E-state index contributed by atoms with van der Waals surface area (Å²) < 4.78 is 5.13. The Balaban J connectivity index is 3.52. The molecule has 0 saturated heterocycles. The van der Waals surface area contributed by atoms with Gasteiger partial charge in [-0.25, -0.2) is 0 Å². The summed E-state index contributed by atoms with van der Waals surface area (Å²) in [5.74, 6) is 0.0192. The van der Waals surface area contributed by atoms with E-state index >= 15 is 0 Å². The van der Waals surface area contributed by atoms with Gasteiger partial charge in [0, 0.05) is 0 Å². The predicted octanol–water partition coefficient (Wildman–Crippen LogP) is 3.54. The smallest absolute Gasteiger partial charge is 0.308 e. The minimum atomic E-state index is -0.0449. The third-order valence-electron chi connectivity index (χ3n) is 2.24. The fourth-order valence-corrected chi connectivity index (χ4v) is 1.34. The Morgan fingerprint density at radius 3 is 2.29 bits per heavy atom. The number of carbonyl (C=O) groups excluding carboxylic acids is 1. The van der Waals surface area contributed by atoms with Crippen LogP contribution in [0.25, 0.3) is 0 Å². The first-order chi connectivity index (χ1) is 6.57. The lowest BCUT2D eigenvalue weighted by atomic mass is 10.0. The van der Waals surface area contributed by atoms with E-state index in [2.05, 4.69) is 6.92 Å². The number of unbranched alkanes of at least 4 members (excludes halogenated alkanes) is 3. The lowest BCUT2D eigenvalue weighted by molar-refractivity contribution is -0.152. The molecule has 0 spiro atoms. The normalized spacial score (nSPS) is 12.9. The van der Waals surface area contributed by atoms with E-state index in [0.717, 1.165) is 12.8 Å². The minimum absolute atomic E-state index is 0.0144. The van der Waals surface area contributed by atoms with Crippen LogP contribution in [0.4, 0.5) is 0 Å². The number of carbonyl (C=O) groups is 1. The molecule has 14 heavy (non-hydrogen) atoms. The molecule has 0 aromatic carbocycles. The van der Waals surface area contributed by atoms with Gasteiger partial charge in [0.15, 0.2) is 0 Å². The lowest BCUT2D eigenvalue weighted by Gasteiger charge is -2.13. The molecule has 0 aliphatic heterocycles. The summed E-state index contributed by atoms with van der Waals surface area (Å²) in [6, 6.07) is 0. The summed E-state index contributed by atoms with van der Waals surface area (Å²) in [6.45, 7) is 7.93. The van der Waals surface area contributed by atoms with E-state index < -0.39 is 0 Å². The molecule has 1 atom stereocenters. The molecule has 2 heteroatoms. The van der Waals surface area contributed by atoms with Gasteiger partial charge in [-0.1, -0.05) is 39.5 Å². The van der Waals surface area contributed by atoms with E-state index in [4.69, 9.17) is 4.74 Å². The topological polar surface area (TPSA) is 26.3 Å². The highest BCUT2D eigenvalue weighted by Crippen LogP contribution is 2.12. The van der Waals surface area contributed by atoms with Gasteiger partial charge in [0.05, 0.1) is 12.0 Å². The SMILES string of the molecule is CCCCCCC(C)C(=O)OC(C)C. The van der Waals surface area contributed by atoms with Crippen LogP contribution >= 0.6 is 0 Å². The van der Waals surface area contributed by atoms with Gasteiger partial charge >= 0.3 is 5.97 Å². The number of esters is 1. The van der Waals surface area contributed by atoms with Crippen LogP contribution in [0.5, 0.6) is 0 Å². The first-order valence-corrected chi connectivity index (χ1v) is 5.78. The van der Waals surface area contributed by atoms with E-state index in [9.17, 15) is 4.79 Å². The largest absolute Gasteiger partial charge is 0.463 e. The summed E-state index contributed by atoms with van der Waals surface area (Å²) in [7, 11) is 0. The van der Waals surface area contributed by atoms with Crippen molar-refractivity contribution in [3.05, 3.63) is 0 Å². The Labute approximate surface area is 88.0 Å². The molecule has 0 radical (unpaired) electrons. The highest BCUT2D eigenvalue weighted by molar-refractivity contribution is 5.72. The molecule has 0 fully saturated rings. The second-order valence-corrected chi connectivity index (χ2v) is 4.24. The van der Waals surface area contributed by atoms with Crippen LogP contribution < -0.4 is 0 Å². The van der Waals surface area contributed by atoms with E-state index in [1.54, 1.807) is 0 Å². The van der Waals surface area contributed by atoms with Crippen molar-refractivity contribution in [2.24, 2.45) is 5.92 Å². The van der Waals surface area contributed by atoms with Crippen LogP contribution in [0.1, 0.15) is 59.8 Å².